The normalized spacial score (nSPS) is 20.5. The molecule has 0 aliphatic carbocycles. The summed E-state index contributed by atoms with van der Waals surface area (Å²) in [6.45, 7) is 11.1. The zero-order valence-corrected chi connectivity index (χ0v) is 8.66. The second-order valence-electron chi connectivity index (χ2n) is 3.33. The highest BCUT2D eigenvalue weighted by atomic mass is 15.3. The van der Waals surface area contributed by atoms with Crippen molar-refractivity contribution in [3.05, 3.63) is 12.7 Å². The number of rotatable bonds is 2. The molecule has 1 aliphatic rings. The van der Waals surface area contributed by atoms with E-state index in [2.05, 4.69) is 35.3 Å². The predicted octanol–water partition coefficient (Wildman–Crippen LogP) is 0.838. The molecule has 0 unspecified atom stereocenters. The molecule has 74 valence electrons. The van der Waals surface area contributed by atoms with E-state index >= 15 is 0 Å². The van der Waals surface area contributed by atoms with Crippen LogP contribution in [0.1, 0.15) is 6.92 Å². The van der Waals surface area contributed by atoms with E-state index in [1.165, 1.54) is 0 Å². The van der Waals surface area contributed by atoms with Crippen molar-refractivity contribution in [1.29, 1.82) is 0 Å². The van der Waals surface area contributed by atoms with E-state index in [1.807, 2.05) is 6.08 Å². The Morgan fingerprint density at radius 3 is 2.46 bits per heavy atom. The van der Waals surface area contributed by atoms with E-state index in [0.29, 0.717) is 0 Å². The summed E-state index contributed by atoms with van der Waals surface area (Å²) < 4.78 is 0. The van der Waals surface area contributed by atoms with Crippen LogP contribution in [-0.4, -0.2) is 55.4 Å². The maximum atomic E-state index is 4.40. The third-order valence-corrected chi connectivity index (χ3v) is 2.33. The molecule has 13 heavy (non-hydrogen) atoms. The van der Waals surface area contributed by atoms with Gasteiger partial charge in [0.1, 0.15) is 5.84 Å². The molecule has 1 fully saturated rings. The maximum absolute atomic E-state index is 4.40. The summed E-state index contributed by atoms with van der Waals surface area (Å²) in [6, 6.07) is 0. The fourth-order valence-corrected chi connectivity index (χ4v) is 1.49. The fraction of sp³-hybridized carbons (Fsp3) is 0.700. The Bertz CT molecular complexity index is 190. The lowest BCUT2D eigenvalue weighted by Crippen LogP contribution is -2.46. The number of amidine groups is 1. The molecular formula is C10H19N3. The van der Waals surface area contributed by atoms with Crippen molar-refractivity contribution < 1.29 is 0 Å². The topological polar surface area (TPSA) is 18.8 Å². The van der Waals surface area contributed by atoms with E-state index in [-0.39, 0.29) is 0 Å². The smallest absolute Gasteiger partial charge is 0.122 e. The van der Waals surface area contributed by atoms with Gasteiger partial charge in [-0.1, -0.05) is 6.58 Å². The summed E-state index contributed by atoms with van der Waals surface area (Å²) in [7, 11) is 2.15. The molecule has 3 heteroatoms. The van der Waals surface area contributed by atoms with Crippen LogP contribution < -0.4 is 0 Å². The predicted molar refractivity (Wildman–Crippen MR) is 57.2 cm³/mol. The van der Waals surface area contributed by atoms with Gasteiger partial charge in [-0.25, -0.2) is 0 Å². The largest absolute Gasteiger partial charge is 0.354 e. The lowest BCUT2D eigenvalue weighted by atomic mass is 10.3. The lowest BCUT2D eigenvalue weighted by Gasteiger charge is -2.33. The third kappa shape index (κ3) is 2.84. The van der Waals surface area contributed by atoms with Crippen molar-refractivity contribution >= 4 is 5.84 Å². The molecule has 0 amide bonds. The Morgan fingerprint density at radius 1 is 1.38 bits per heavy atom. The van der Waals surface area contributed by atoms with Crippen LogP contribution >= 0.6 is 0 Å². The molecule has 0 atom stereocenters. The monoisotopic (exact) mass is 181 g/mol. The van der Waals surface area contributed by atoms with Gasteiger partial charge in [0.25, 0.3) is 0 Å². The first-order valence-corrected chi connectivity index (χ1v) is 4.88. The second-order valence-corrected chi connectivity index (χ2v) is 3.33. The van der Waals surface area contributed by atoms with Crippen molar-refractivity contribution in [3.63, 3.8) is 0 Å². The summed E-state index contributed by atoms with van der Waals surface area (Å²) in [6.07, 6.45) is 1.86. The van der Waals surface area contributed by atoms with Crippen molar-refractivity contribution in [2.24, 2.45) is 4.99 Å². The minimum Gasteiger partial charge on any atom is -0.354 e. The van der Waals surface area contributed by atoms with Gasteiger partial charge in [-0.15, -0.1) is 0 Å². The molecular weight excluding hydrogens is 162 g/mol. The Labute approximate surface area is 80.7 Å². The van der Waals surface area contributed by atoms with Gasteiger partial charge in [-0.2, -0.15) is 0 Å². The SMILES string of the molecule is C=CC(=NCC)N1CCN(C)CC1. The number of likely N-dealkylation sites (N-methyl/N-ethyl adjacent to an activating group) is 1. The Hall–Kier alpha value is -0.830. The van der Waals surface area contributed by atoms with Crippen molar-refractivity contribution in [1.82, 2.24) is 9.80 Å². The number of piperazine rings is 1. The molecule has 0 N–H and O–H groups in total. The van der Waals surface area contributed by atoms with Gasteiger partial charge in [0, 0.05) is 32.7 Å². The Kier molecular flexibility index (Phi) is 3.96. The molecule has 0 aromatic rings. The number of hydrogen-bond acceptors (Lipinski definition) is 2. The minimum absolute atomic E-state index is 0.841. The second kappa shape index (κ2) is 5.02. The van der Waals surface area contributed by atoms with Crippen LogP contribution in [0.15, 0.2) is 17.6 Å². The van der Waals surface area contributed by atoms with Crippen molar-refractivity contribution in [2.45, 2.75) is 6.92 Å². The van der Waals surface area contributed by atoms with Crippen LogP contribution in [0.4, 0.5) is 0 Å². The molecule has 0 aromatic heterocycles. The average molecular weight is 181 g/mol. The van der Waals surface area contributed by atoms with E-state index in [9.17, 15) is 0 Å². The number of nitrogens with zero attached hydrogens (tertiary/aromatic N) is 3. The minimum atomic E-state index is 0.841. The Balaban J connectivity index is 2.51. The first kappa shape index (κ1) is 10.3. The first-order valence-electron chi connectivity index (χ1n) is 4.88. The molecule has 1 saturated heterocycles. The first-order chi connectivity index (χ1) is 6.27. The van der Waals surface area contributed by atoms with Crippen LogP contribution in [-0.2, 0) is 0 Å². The molecule has 0 bridgehead atoms. The zero-order chi connectivity index (χ0) is 9.68. The summed E-state index contributed by atoms with van der Waals surface area (Å²) in [5.74, 6) is 1.05. The van der Waals surface area contributed by atoms with E-state index in [1.54, 1.807) is 0 Å². The summed E-state index contributed by atoms with van der Waals surface area (Å²) in [4.78, 5) is 9.04. The van der Waals surface area contributed by atoms with E-state index in [4.69, 9.17) is 0 Å². The fourth-order valence-electron chi connectivity index (χ4n) is 1.49. The van der Waals surface area contributed by atoms with Gasteiger partial charge in [0.15, 0.2) is 0 Å². The van der Waals surface area contributed by atoms with E-state index < -0.39 is 0 Å². The molecule has 0 saturated carbocycles. The molecule has 0 spiro atoms. The molecule has 0 radical (unpaired) electrons. The molecule has 3 nitrogen and oxygen atoms in total. The number of aliphatic imine (C=N–C) groups is 1. The molecule has 1 heterocycles. The van der Waals surface area contributed by atoms with Gasteiger partial charge in [-0.05, 0) is 20.0 Å². The zero-order valence-electron chi connectivity index (χ0n) is 8.66. The van der Waals surface area contributed by atoms with Crippen molar-refractivity contribution in [3.8, 4) is 0 Å². The molecule has 1 rings (SSSR count). The molecule has 0 aromatic carbocycles. The van der Waals surface area contributed by atoms with E-state index in [0.717, 1.165) is 38.6 Å². The van der Waals surface area contributed by atoms with Crippen LogP contribution in [0.3, 0.4) is 0 Å². The van der Waals surface area contributed by atoms with Gasteiger partial charge in [0.05, 0.1) is 0 Å². The summed E-state index contributed by atoms with van der Waals surface area (Å²) in [5.41, 5.74) is 0. The van der Waals surface area contributed by atoms with Gasteiger partial charge >= 0.3 is 0 Å². The van der Waals surface area contributed by atoms with Gasteiger partial charge in [-0.3, -0.25) is 4.99 Å². The third-order valence-electron chi connectivity index (χ3n) is 2.33. The van der Waals surface area contributed by atoms with Crippen LogP contribution in [0.2, 0.25) is 0 Å². The highest BCUT2D eigenvalue weighted by Crippen LogP contribution is 2.01. The van der Waals surface area contributed by atoms with Crippen molar-refractivity contribution in [2.75, 3.05) is 39.8 Å². The lowest BCUT2D eigenvalue weighted by molar-refractivity contribution is 0.216. The summed E-state index contributed by atoms with van der Waals surface area (Å²) in [5, 5.41) is 0. The quantitative estimate of drug-likeness (QED) is 0.464. The van der Waals surface area contributed by atoms with Crippen LogP contribution in [0, 0.1) is 0 Å². The van der Waals surface area contributed by atoms with Gasteiger partial charge < -0.3 is 9.80 Å². The maximum Gasteiger partial charge on any atom is 0.122 e. The highest BCUT2D eigenvalue weighted by Gasteiger charge is 2.14. The standard InChI is InChI=1S/C10H19N3/c1-4-10(11-5-2)13-8-6-12(3)7-9-13/h4H,1,5-9H2,2-3H3. The molecule has 1 aliphatic heterocycles. The Morgan fingerprint density at radius 2 is 2.00 bits per heavy atom. The van der Waals surface area contributed by atoms with Crippen LogP contribution in [0.25, 0.3) is 0 Å². The average Bonchev–Trinajstić information content (AvgIpc) is 2.16. The van der Waals surface area contributed by atoms with Gasteiger partial charge in [0.2, 0.25) is 0 Å². The van der Waals surface area contributed by atoms with Crippen LogP contribution in [0.5, 0.6) is 0 Å². The number of hydrogen-bond donors (Lipinski definition) is 0. The summed E-state index contributed by atoms with van der Waals surface area (Å²) >= 11 is 0. The highest BCUT2D eigenvalue weighted by molar-refractivity contribution is 5.92.